The van der Waals surface area contributed by atoms with Gasteiger partial charge >= 0.3 is 0 Å². The fourth-order valence-corrected chi connectivity index (χ4v) is 3.79. The predicted molar refractivity (Wildman–Crippen MR) is 69.6 cm³/mol. The summed E-state index contributed by atoms with van der Waals surface area (Å²) in [6.45, 7) is 0. The molecule has 0 radical (unpaired) electrons. The highest BCUT2D eigenvalue weighted by molar-refractivity contribution is 7.89. The number of sulfonamides is 1. The topological polar surface area (TPSA) is 58.5 Å². The second-order valence-corrected chi connectivity index (χ2v) is 6.75. The first-order valence-corrected chi connectivity index (χ1v) is 7.77. The van der Waals surface area contributed by atoms with Gasteiger partial charge in [-0.1, -0.05) is 18.2 Å². The SMILES string of the molecule is O=S(=O)(N/N=C1\C[C@H]2CC[C@@H]1C2)c1ccccc1. The zero-order valence-corrected chi connectivity index (χ0v) is 10.9. The van der Waals surface area contributed by atoms with E-state index in [0.717, 1.165) is 24.5 Å². The summed E-state index contributed by atoms with van der Waals surface area (Å²) in [7, 11) is -3.50. The van der Waals surface area contributed by atoms with Crippen molar-refractivity contribution in [3.63, 3.8) is 0 Å². The normalized spacial score (nSPS) is 28.8. The van der Waals surface area contributed by atoms with E-state index in [9.17, 15) is 8.42 Å². The fourth-order valence-electron chi connectivity index (χ4n) is 2.93. The molecular weight excluding hydrogens is 248 g/mol. The lowest BCUT2D eigenvalue weighted by Gasteiger charge is -2.12. The first-order valence-electron chi connectivity index (χ1n) is 6.28. The average molecular weight is 264 g/mol. The largest absolute Gasteiger partial charge is 0.276 e. The Morgan fingerprint density at radius 1 is 1.17 bits per heavy atom. The maximum atomic E-state index is 12.0. The second kappa shape index (κ2) is 4.39. The number of nitrogens with one attached hydrogen (secondary N) is 1. The highest BCUT2D eigenvalue weighted by Gasteiger charge is 2.36. The molecule has 18 heavy (non-hydrogen) atoms. The molecule has 0 amide bonds. The van der Waals surface area contributed by atoms with Crippen LogP contribution >= 0.6 is 0 Å². The molecule has 0 saturated heterocycles. The third-order valence-electron chi connectivity index (χ3n) is 3.87. The van der Waals surface area contributed by atoms with Crippen LogP contribution in [0.25, 0.3) is 0 Å². The van der Waals surface area contributed by atoms with Gasteiger partial charge in [0.25, 0.3) is 10.0 Å². The summed E-state index contributed by atoms with van der Waals surface area (Å²) in [6.07, 6.45) is 4.58. The number of rotatable bonds is 3. The Balaban J connectivity index is 1.76. The molecule has 1 N–H and O–H groups in total. The smallest absolute Gasteiger partial charge is 0.200 e. The van der Waals surface area contributed by atoms with Crippen LogP contribution in [-0.2, 0) is 10.0 Å². The molecule has 5 heteroatoms. The summed E-state index contributed by atoms with van der Waals surface area (Å²) in [5.74, 6) is 1.24. The number of hydrazone groups is 1. The summed E-state index contributed by atoms with van der Waals surface area (Å²) in [4.78, 5) is 2.62. The molecule has 2 atom stereocenters. The average Bonchev–Trinajstić information content (AvgIpc) is 3.00. The molecule has 3 rings (SSSR count). The molecule has 0 spiro atoms. The van der Waals surface area contributed by atoms with Crippen molar-refractivity contribution in [3.05, 3.63) is 30.3 Å². The van der Waals surface area contributed by atoms with Gasteiger partial charge in [-0.05, 0) is 49.7 Å². The standard InChI is InChI=1S/C13H16N2O2S/c16-18(17,12-4-2-1-3-5-12)15-14-13-9-10-6-7-11(13)8-10/h1-5,10-11,15H,6-9H2/b14-13+/t10-,11+/m0/s1. The Morgan fingerprint density at radius 2 is 1.94 bits per heavy atom. The molecule has 1 aromatic rings. The van der Waals surface area contributed by atoms with Gasteiger partial charge in [0.1, 0.15) is 0 Å². The summed E-state index contributed by atoms with van der Waals surface area (Å²) in [5.41, 5.74) is 1.03. The zero-order valence-electron chi connectivity index (χ0n) is 10.0. The first kappa shape index (κ1) is 11.7. The Hall–Kier alpha value is -1.36. The predicted octanol–water partition coefficient (Wildman–Crippen LogP) is 2.14. The van der Waals surface area contributed by atoms with Gasteiger partial charge in [0.15, 0.2) is 0 Å². The monoisotopic (exact) mass is 264 g/mol. The molecule has 4 nitrogen and oxygen atoms in total. The van der Waals surface area contributed by atoms with Gasteiger partial charge in [0, 0.05) is 5.71 Å². The fraction of sp³-hybridized carbons (Fsp3) is 0.462. The second-order valence-electron chi connectivity index (χ2n) is 5.09. The molecule has 2 aliphatic rings. The van der Waals surface area contributed by atoms with Crippen molar-refractivity contribution in [2.24, 2.45) is 16.9 Å². The summed E-state index contributed by atoms with van der Waals surface area (Å²) >= 11 is 0. The van der Waals surface area contributed by atoms with Crippen LogP contribution in [0, 0.1) is 11.8 Å². The highest BCUT2D eigenvalue weighted by atomic mass is 32.2. The lowest BCUT2D eigenvalue weighted by molar-refractivity contribution is 0.579. The van der Waals surface area contributed by atoms with Crippen molar-refractivity contribution in [1.82, 2.24) is 4.83 Å². The summed E-state index contributed by atoms with van der Waals surface area (Å²) in [6, 6.07) is 8.35. The number of hydrogen-bond acceptors (Lipinski definition) is 3. The third-order valence-corrected chi connectivity index (χ3v) is 5.10. The first-order chi connectivity index (χ1) is 8.65. The van der Waals surface area contributed by atoms with Gasteiger partial charge in [-0.2, -0.15) is 13.5 Å². The molecule has 0 unspecified atom stereocenters. The van der Waals surface area contributed by atoms with Crippen LogP contribution in [0.15, 0.2) is 40.3 Å². The van der Waals surface area contributed by atoms with Crippen LogP contribution in [0.1, 0.15) is 25.7 Å². The van der Waals surface area contributed by atoms with Crippen molar-refractivity contribution in [1.29, 1.82) is 0 Å². The van der Waals surface area contributed by atoms with Crippen LogP contribution < -0.4 is 4.83 Å². The molecule has 1 aromatic carbocycles. The van der Waals surface area contributed by atoms with E-state index in [2.05, 4.69) is 9.93 Å². The quantitative estimate of drug-likeness (QED) is 0.850. The summed E-state index contributed by atoms with van der Waals surface area (Å²) in [5, 5.41) is 4.13. The molecule has 0 heterocycles. The Bertz CT molecular complexity index is 566. The summed E-state index contributed by atoms with van der Waals surface area (Å²) < 4.78 is 24.0. The van der Waals surface area contributed by atoms with E-state index in [1.165, 1.54) is 12.8 Å². The van der Waals surface area contributed by atoms with Crippen LogP contribution in [0.5, 0.6) is 0 Å². The van der Waals surface area contributed by atoms with E-state index in [1.54, 1.807) is 30.3 Å². The minimum atomic E-state index is -3.50. The molecule has 0 aromatic heterocycles. The van der Waals surface area contributed by atoms with Crippen LogP contribution in [0.2, 0.25) is 0 Å². The minimum absolute atomic E-state index is 0.262. The van der Waals surface area contributed by atoms with E-state index in [1.807, 2.05) is 0 Å². The van der Waals surface area contributed by atoms with Crippen molar-refractivity contribution in [3.8, 4) is 0 Å². The number of benzene rings is 1. The van der Waals surface area contributed by atoms with Crippen molar-refractivity contribution >= 4 is 15.7 Å². The van der Waals surface area contributed by atoms with E-state index >= 15 is 0 Å². The van der Waals surface area contributed by atoms with Gasteiger partial charge < -0.3 is 0 Å². The number of nitrogens with zero attached hydrogens (tertiary/aromatic N) is 1. The molecule has 2 saturated carbocycles. The molecule has 2 aliphatic carbocycles. The maximum absolute atomic E-state index is 12.0. The zero-order chi connectivity index (χ0) is 12.6. The van der Waals surface area contributed by atoms with E-state index in [0.29, 0.717) is 5.92 Å². The van der Waals surface area contributed by atoms with Crippen molar-refractivity contribution in [2.75, 3.05) is 0 Å². The van der Waals surface area contributed by atoms with Gasteiger partial charge in [-0.25, -0.2) is 4.83 Å². The lowest BCUT2D eigenvalue weighted by Crippen LogP contribution is -2.22. The molecular formula is C13H16N2O2S. The van der Waals surface area contributed by atoms with Gasteiger partial charge in [0.2, 0.25) is 0 Å². The van der Waals surface area contributed by atoms with Crippen LogP contribution in [0.3, 0.4) is 0 Å². The van der Waals surface area contributed by atoms with Crippen molar-refractivity contribution < 1.29 is 8.42 Å². The molecule has 2 fully saturated rings. The Labute approximate surface area is 107 Å². The third kappa shape index (κ3) is 2.14. The molecule has 0 aliphatic heterocycles. The van der Waals surface area contributed by atoms with Crippen LogP contribution in [-0.4, -0.2) is 14.1 Å². The van der Waals surface area contributed by atoms with Gasteiger partial charge in [-0.15, -0.1) is 0 Å². The lowest BCUT2D eigenvalue weighted by atomic mass is 9.99. The van der Waals surface area contributed by atoms with E-state index in [-0.39, 0.29) is 4.90 Å². The minimum Gasteiger partial charge on any atom is -0.200 e. The highest BCUT2D eigenvalue weighted by Crippen LogP contribution is 2.42. The number of hydrogen-bond donors (Lipinski definition) is 1. The molecule has 2 bridgehead atoms. The van der Waals surface area contributed by atoms with E-state index in [4.69, 9.17) is 0 Å². The van der Waals surface area contributed by atoms with Gasteiger partial charge in [-0.3, -0.25) is 0 Å². The van der Waals surface area contributed by atoms with E-state index < -0.39 is 10.0 Å². The number of fused-ring (bicyclic) bond motifs is 2. The van der Waals surface area contributed by atoms with Crippen molar-refractivity contribution in [2.45, 2.75) is 30.6 Å². The maximum Gasteiger partial charge on any atom is 0.276 e. The Kier molecular flexibility index (Phi) is 2.86. The Morgan fingerprint density at radius 3 is 2.56 bits per heavy atom. The molecule has 96 valence electrons. The van der Waals surface area contributed by atoms with Crippen LogP contribution in [0.4, 0.5) is 0 Å². The van der Waals surface area contributed by atoms with Gasteiger partial charge in [0.05, 0.1) is 4.90 Å².